The second-order valence-corrected chi connectivity index (χ2v) is 5.61. The Balaban J connectivity index is 1.80. The molecule has 0 aromatic carbocycles. The standard InChI is InChI=1S/C11H21NS/c1-2-10-3-4-11(9-10)12-5-7-13-8-6-12/h10-11H,2-9H2,1H3. The number of thioether (sulfide) groups is 1. The van der Waals surface area contributed by atoms with Gasteiger partial charge in [0.1, 0.15) is 0 Å². The van der Waals surface area contributed by atoms with Crippen molar-refractivity contribution in [3.63, 3.8) is 0 Å². The van der Waals surface area contributed by atoms with Crippen molar-refractivity contribution in [3.05, 3.63) is 0 Å². The van der Waals surface area contributed by atoms with Gasteiger partial charge in [0.05, 0.1) is 0 Å². The van der Waals surface area contributed by atoms with E-state index in [-0.39, 0.29) is 0 Å². The number of rotatable bonds is 2. The van der Waals surface area contributed by atoms with Crippen LogP contribution in [0.1, 0.15) is 32.6 Å². The minimum atomic E-state index is 0.950. The van der Waals surface area contributed by atoms with Crippen molar-refractivity contribution < 1.29 is 0 Å². The van der Waals surface area contributed by atoms with E-state index in [1.54, 1.807) is 0 Å². The normalized spacial score (nSPS) is 36.7. The zero-order valence-corrected chi connectivity index (χ0v) is 9.48. The molecular weight excluding hydrogens is 178 g/mol. The predicted molar refractivity (Wildman–Crippen MR) is 60.3 cm³/mol. The summed E-state index contributed by atoms with van der Waals surface area (Å²) >= 11 is 2.12. The minimum Gasteiger partial charge on any atom is -0.299 e. The van der Waals surface area contributed by atoms with Gasteiger partial charge < -0.3 is 0 Å². The van der Waals surface area contributed by atoms with Crippen molar-refractivity contribution in [3.8, 4) is 0 Å². The number of nitrogens with zero attached hydrogens (tertiary/aromatic N) is 1. The van der Waals surface area contributed by atoms with Crippen LogP contribution in [0.5, 0.6) is 0 Å². The molecule has 1 nitrogen and oxygen atoms in total. The van der Waals surface area contributed by atoms with Crippen LogP contribution in [-0.4, -0.2) is 35.5 Å². The Morgan fingerprint density at radius 2 is 2.00 bits per heavy atom. The summed E-state index contributed by atoms with van der Waals surface area (Å²) in [6.07, 6.45) is 5.86. The van der Waals surface area contributed by atoms with Crippen molar-refractivity contribution in [1.82, 2.24) is 4.90 Å². The molecule has 1 saturated carbocycles. The molecule has 2 heteroatoms. The van der Waals surface area contributed by atoms with Crippen LogP contribution in [-0.2, 0) is 0 Å². The summed E-state index contributed by atoms with van der Waals surface area (Å²) in [4.78, 5) is 2.74. The molecule has 1 aliphatic carbocycles. The summed E-state index contributed by atoms with van der Waals surface area (Å²) in [7, 11) is 0. The molecule has 0 bridgehead atoms. The van der Waals surface area contributed by atoms with Gasteiger partial charge in [0, 0.05) is 30.6 Å². The summed E-state index contributed by atoms with van der Waals surface area (Å²) < 4.78 is 0. The highest BCUT2D eigenvalue weighted by molar-refractivity contribution is 7.99. The fraction of sp³-hybridized carbons (Fsp3) is 1.00. The van der Waals surface area contributed by atoms with Gasteiger partial charge in [0.2, 0.25) is 0 Å². The monoisotopic (exact) mass is 199 g/mol. The Morgan fingerprint density at radius 1 is 1.23 bits per heavy atom. The Bertz CT molecular complexity index is 154. The van der Waals surface area contributed by atoms with Crippen LogP contribution in [0.2, 0.25) is 0 Å². The molecule has 0 spiro atoms. The second-order valence-electron chi connectivity index (χ2n) is 4.39. The first kappa shape index (κ1) is 9.85. The maximum atomic E-state index is 2.74. The van der Waals surface area contributed by atoms with Crippen LogP contribution < -0.4 is 0 Å². The average molecular weight is 199 g/mol. The van der Waals surface area contributed by atoms with E-state index in [0.717, 1.165) is 12.0 Å². The summed E-state index contributed by atoms with van der Waals surface area (Å²) in [6.45, 7) is 5.05. The summed E-state index contributed by atoms with van der Waals surface area (Å²) in [5, 5.41) is 0. The lowest BCUT2D eigenvalue weighted by Gasteiger charge is -2.32. The maximum absolute atomic E-state index is 2.74. The van der Waals surface area contributed by atoms with Gasteiger partial charge in [0.15, 0.2) is 0 Å². The summed E-state index contributed by atoms with van der Waals surface area (Å²) in [6, 6.07) is 0.950. The van der Waals surface area contributed by atoms with Crippen LogP contribution >= 0.6 is 11.8 Å². The highest BCUT2D eigenvalue weighted by atomic mass is 32.2. The molecule has 0 radical (unpaired) electrons. The lowest BCUT2D eigenvalue weighted by atomic mass is 10.1. The topological polar surface area (TPSA) is 3.24 Å². The molecule has 1 heterocycles. The lowest BCUT2D eigenvalue weighted by molar-refractivity contribution is 0.214. The first-order valence-corrected chi connectivity index (χ1v) is 6.87. The maximum Gasteiger partial charge on any atom is 0.00986 e. The molecule has 13 heavy (non-hydrogen) atoms. The van der Waals surface area contributed by atoms with Crippen molar-refractivity contribution in [1.29, 1.82) is 0 Å². The fourth-order valence-corrected chi connectivity index (χ4v) is 3.62. The van der Waals surface area contributed by atoms with Gasteiger partial charge in [-0.05, 0) is 25.2 Å². The van der Waals surface area contributed by atoms with Gasteiger partial charge in [-0.25, -0.2) is 0 Å². The fourth-order valence-electron chi connectivity index (χ4n) is 2.69. The zero-order chi connectivity index (χ0) is 9.10. The molecular formula is C11H21NS. The van der Waals surface area contributed by atoms with Crippen molar-refractivity contribution >= 4 is 11.8 Å². The van der Waals surface area contributed by atoms with Crippen LogP contribution in [0.3, 0.4) is 0 Å². The highest BCUT2D eigenvalue weighted by Gasteiger charge is 2.28. The van der Waals surface area contributed by atoms with Gasteiger partial charge in [-0.1, -0.05) is 13.3 Å². The summed E-state index contributed by atoms with van der Waals surface area (Å²) in [5.41, 5.74) is 0. The quantitative estimate of drug-likeness (QED) is 0.672. The minimum absolute atomic E-state index is 0.950. The molecule has 2 fully saturated rings. The number of hydrogen-bond donors (Lipinski definition) is 0. The lowest BCUT2D eigenvalue weighted by Crippen LogP contribution is -2.39. The van der Waals surface area contributed by atoms with Crippen molar-refractivity contribution in [2.24, 2.45) is 5.92 Å². The third-order valence-electron chi connectivity index (χ3n) is 3.65. The van der Waals surface area contributed by atoms with Crippen LogP contribution in [0, 0.1) is 5.92 Å². The third kappa shape index (κ3) is 2.41. The Labute approximate surface area is 86.3 Å². The Morgan fingerprint density at radius 3 is 2.62 bits per heavy atom. The average Bonchev–Trinajstić information content (AvgIpc) is 2.67. The molecule has 2 atom stereocenters. The van der Waals surface area contributed by atoms with Gasteiger partial charge in [-0.2, -0.15) is 11.8 Å². The molecule has 0 aromatic rings. The van der Waals surface area contributed by atoms with Crippen LogP contribution in [0.4, 0.5) is 0 Å². The summed E-state index contributed by atoms with van der Waals surface area (Å²) in [5.74, 6) is 3.78. The molecule has 0 N–H and O–H groups in total. The van der Waals surface area contributed by atoms with Gasteiger partial charge >= 0.3 is 0 Å². The number of hydrogen-bond acceptors (Lipinski definition) is 2. The van der Waals surface area contributed by atoms with Gasteiger partial charge in [-0.15, -0.1) is 0 Å². The van der Waals surface area contributed by atoms with E-state index in [9.17, 15) is 0 Å². The van der Waals surface area contributed by atoms with Gasteiger partial charge in [0.25, 0.3) is 0 Å². The first-order valence-electron chi connectivity index (χ1n) is 5.72. The molecule has 1 aliphatic heterocycles. The molecule has 2 unspecified atom stereocenters. The molecule has 1 saturated heterocycles. The molecule has 2 rings (SSSR count). The molecule has 2 aliphatic rings. The van der Waals surface area contributed by atoms with E-state index in [1.807, 2.05) is 0 Å². The third-order valence-corrected chi connectivity index (χ3v) is 4.60. The first-order chi connectivity index (χ1) is 6.40. The highest BCUT2D eigenvalue weighted by Crippen LogP contribution is 2.32. The van der Waals surface area contributed by atoms with Gasteiger partial charge in [-0.3, -0.25) is 4.90 Å². The van der Waals surface area contributed by atoms with Crippen LogP contribution in [0.15, 0.2) is 0 Å². The smallest absolute Gasteiger partial charge is 0.00986 e. The van der Waals surface area contributed by atoms with E-state index in [1.165, 1.54) is 50.3 Å². The largest absolute Gasteiger partial charge is 0.299 e. The Hall–Kier alpha value is 0.310. The predicted octanol–water partition coefficient (Wildman–Crippen LogP) is 2.61. The molecule has 0 amide bonds. The molecule has 0 aromatic heterocycles. The van der Waals surface area contributed by atoms with E-state index in [4.69, 9.17) is 0 Å². The van der Waals surface area contributed by atoms with E-state index >= 15 is 0 Å². The SMILES string of the molecule is CCC1CCC(N2CCSCC2)C1. The van der Waals surface area contributed by atoms with Crippen molar-refractivity contribution in [2.45, 2.75) is 38.6 Å². The zero-order valence-electron chi connectivity index (χ0n) is 8.67. The van der Waals surface area contributed by atoms with Crippen LogP contribution in [0.25, 0.3) is 0 Å². The van der Waals surface area contributed by atoms with E-state index in [0.29, 0.717) is 0 Å². The van der Waals surface area contributed by atoms with E-state index in [2.05, 4.69) is 23.6 Å². The van der Waals surface area contributed by atoms with E-state index < -0.39 is 0 Å². The molecule has 76 valence electrons. The Kier molecular flexibility index (Phi) is 3.56. The van der Waals surface area contributed by atoms with Crippen molar-refractivity contribution in [2.75, 3.05) is 24.6 Å². The second kappa shape index (κ2) is 4.70.